The van der Waals surface area contributed by atoms with E-state index in [1.54, 1.807) is 20.3 Å². The van der Waals surface area contributed by atoms with Gasteiger partial charge in [0.05, 0.1) is 31.2 Å². The van der Waals surface area contributed by atoms with E-state index in [9.17, 15) is 4.79 Å². The lowest BCUT2D eigenvalue weighted by atomic mass is 9.99. The second-order valence-corrected chi connectivity index (χ2v) is 8.67. The van der Waals surface area contributed by atoms with Gasteiger partial charge in [0.1, 0.15) is 0 Å². The van der Waals surface area contributed by atoms with Gasteiger partial charge in [0, 0.05) is 50.0 Å². The Morgan fingerprint density at radius 3 is 2.31 bits per heavy atom. The smallest absolute Gasteiger partial charge is 0.258 e. The fourth-order valence-corrected chi connectivity index (χ4v) is 4.59. The van der Waals surface area contributed by atoms with Crippen LogP contribution in [0.15, 0.2) is 66.7 Å². The van der Waals surface area contributed by atoms with Crippen molar-refractivity contribution in [2.75, 3.05) is 51.0 Å². The van der Waals surface area contributed by atoms with Gasteiger partial charge in [-0.15, -0.1) is 0 Å². The maximum Gasteiger partial charge on any atom is 0.258 e. The van der Waals surface area contributed by atoms with E-state index < -0.39 is 0 Å². The van der Waals surface area contributed by atoms with Gasteiger partial charge in [-0.25, -0.2) is 0 Å². The lowest BCUT2D eigenvalue weighted by Crippen LogP contribution is -2.42. The molecular formula is C28H30N4O3. The van der Waals surface area contributed by atoms with Gasteiger partial charge in [0.25, 0.3) is 5.91 Å². The first-order valence-corrected chi connectivity index (χ1v) is 11.8. The van der Waals surface area contributed by atoms with Gasteiger partial charge >= 0.3 is 0 Å². The molecule has 7 heteroatoms. The Hall–Kier alpha value is -3.81. The zero-order valence-corrected chi connectivity index (χ0v) is 20.1. The number of ether oxygens (including phenoxy) is 2. The van der Waals surface area contributed by atoms with Crippen molar-refractivity contribution < 1.29 is 14.3 Å². The maximum atomic E-state index is 13.2. The van der Waals surface area contributed by atoms with Crippen molar-refractivity contribution in [1.82, 2.24) is 10.2 Å². The summed E-state index contributed by atoms with van der Waals surface area (Å²) in [6.45, 7) is 5.13. The maximum absolute atomic E-state index is 13.2. The molecule has 3 N–H and O–H groups in total. The summed E-state index contributed by atoms with van der Waals surface area (Å²) in [6, 6.07) is 22.0. The van der Waals surface area contributed by atoms with E-state index in [1.165, 1.54) is 5.56 Å². The number of methoxy groups -OCH3 is 2. The summed E-state index contributed by atoms with van der Waals surface area (Å²) in [5, 5.41) is 9.90. The lowest BCUT2D eigenvalue weighted by Gasteiger charge is -2.27. The summed E-state index contributed by atoms with van der Waals surface area (Å²) in [5.41, 5.74) is 5.89. The van der Waals surface area contributed by atoms with Gasteiger partial charge in [0.15, 0.2) is 11.5 Å². The molecule has 0 saturated carbocycles. The summed E-state index contributed by atoms with van der Waals surface area (Å²) in [4.78, 5) is 15.7. The lowest BCUT2D eigenvalue weighted by molar-refractivity contribution is -0.110. The molecule has 180 valence electrons. The first-order chi connectivity index (χ1) is 17.2. The Balaban J connectivity index is 1.51. The molecule has 0 aliphatic carbocycles. The number of carbonyl (C=O) groups is 1. The number of nitrogens with one attached hydrogen (secondary N) is 3. The van der Waals surface area contributed by atoms with E-state index in [0.717, 1.165) is 55.2 Å². The number of rotatable bonds is 7. The minimum atomic E-state index is -0.169. The van der Waals surface area contributed by atoms with Gasteiger partial charge in [-0.05, 0) is 29.3 Å². The molecule has 1 saturated heterocycles. The number of piperazine rings is 1. The van der Waals surface area contributed by atoms with Crippen LogP contribution in [-0.2, 0) is 11.3 Å². The highest BCUT2D eigenvalue weighted by molar-refractivity contribution is 6.37. The van der Waals surface area contributed by atoms with Gasteiger partial charge in [0.2, 0.25) is 0 Å². The van der Waals surface area contributed by atoms with Crippen LogP contribution in [0.1, 0.15) is 16.7 Å². The molecule has 0 bridgehead atoms. The number of fused-ring (bicyclic) bond motifs is 1. The molecule has 0 atom stereocenters. The Labute approximate surface area is 205 Å². The van der Waals surface area contributed by atoms with Crippen LogP contribution in [0, 0.1) is 0 Å². The van der Waals surface area contributed by atoms with Gasteiger partial charge in [-0.1, -0.05) is 42.5 Å². The Morgan fingerprint density at radius 1 is 0.943 bits per heavy atom. The van der Waals surface area contributed by atoms with Crippen LogP contribution in [0.3, 0.4) is 0 Å². The van der Waals surface area contributed by atoms with Gasteiger partial charge in [-0.2, -0.15) is 0 Å². The fourth-order valence-electron chi connectivity index (χ4n) is 4.59. The molecular weight excluding hydrogens is 440 g/mol. The van der Waals surface area contributed by atoms with Crippen molar-refractivity contribution >= 4 is 28.6 Å². The van der Waals surface area contributed by atoms with E-state index in [2.05, 4.69) is 45.1 Å². The van der Waals surface area contributed by atoms with Crippen LogP contribution >= 0.6 is 0 Å². The molecule has 2 heterocycles. The van der Waals surface area contributed by atoms with Crippen molar-refractivity contribution in [1.29, 1.82) is 0 Å². The SMILES string of the molecule is COc1cc2c(cc1OC)C(=C(Nc1ccc(CN3CCNCC3)cc1)c1ccccc1)C(=O)N2. The predicted molar refractivity (Wildman–Crippen MR) is 140 cm³/mol. The number of benzene rings is 3. The number of hydrogen-bond acceptors (Lipinski definition) is 6. The monoisotopic (exact) mass is 470 g/mol. The van der Waals surface area contributed by atoms with Crippen LogP contribution in [0.4, 0.5) is 11.4 Å². The highest BCUT2D eigenvalue weighted by atomic mass is 16.5. The number of anilines is 2. The topological polar surface area (TPSA) is 74.9 Å². The zero-order valence-electron chi connectivity index (χ0n) is 20.1. The standard InChI is InChI=1S/C28H30N4O3/c1-34-24-16-22-23(17-25(24)35-2)31-28(33)26(22)27(20-6-4-3-5-7-20)30-21-10-8-19(9-11-21)18-32-14-12-29-13-15-32/h3-11,16-17,29-30H,12-15,18H2,1-2H3,(H,31,33). The first kappa shape index (κ1) is 23.0. The van der Waals surface area contributed by atoms with Crippen LogP contribution < -0.4 is 25.4 Å². The van der Waals surface area contributed by atoms with E-state index in [4.69, 9.17) is 9.47 Å². The molecule has 1 amide bonds. The fraction of sp³-hybridized carbons (Fsp3) is 0.250. The molecule has 0 spiro atoms. The summed E-state index contributed by atoms with van der Waals surface area (Å²) >= 11 is 0. The first-order valence-electron chi connectivity index (χ1n) is 11.8. The molecule has 0 radical (unpaired) electrons. The molecule has 2 aliphatic rings. The normalized spacial score (nSPS) is 16.9. The van der Waals surface area contributed by atoms with Gasteiger partial charge < -0.3 is 25.4 Å². The second kappa shape index (κ2) is 10.2. The van der Waals surface area contributed by atoms with Crippen molar-refractivity contribution in [3.8, 4) is 11.5 Å². The zero-order chi connectivity index (χ0) is 24.2. The highest BCUT2D eigenvalue weighted by Crippen LogP contribution is 2.43. The molecule has 1 fully saturated rings. The average Bonchev–Trinajstić information content (AvgIpc) is 3.22. The molecule has 0 unspecified atom stereocenters. The molecule has 3 aromatic rings. The largest absolute Gasteiger partial charge is 0.493 e. The number of nitrogens with zero attached hydrogens (tertiary/aromatic N) is 1. The molecule has 5 rings (SSSR count). The Kier molecular flexibility index (Phi) is 6.70. The van der Waals surface area contributed by atoms with Crippen molar-refractivity contribution in [2.24, 2.45) is 0 Å². The molecule has 0 aromatic heterocycles. The third kappa shape index (κ3) is 4.87. The van der Waals surface area contributed by atoms with E-state index in [1.807, 2.05) is 36.4 Å². The number of amides is 1. The minimum Gasteiger partial charge on any atom is -0.493 e. The van der Waals surface area contributed by atoms with Crippen LogP contribution in [0.5, 0.6) is 11.5 Å². The van der Waals surface area contributed by atoms with Crippen molar-refractivity contribution in [2.45, 2.75) is 6.54 Å². The predicted octanol–water partition coefficient (Wildman–Crippen LogP) is 4.04. The van der Waals surface area contributed by atoms with E-state index in [0.29, 0.717) is 22.8 Å². The average molecular weight is 471 g/mol. The molecule has 35 heavy (non-hydrogen) atoms. The summed E-state index contributed by atoms with van der Waals surface area (Å²) in [7, 11) is 3.18. The molecule has 7 nitrogen and oxygen atoms in total. The van der Waals surface area contributed by atoms with Crippen LogP contribution in [0.25, 0.3) is 11.3 Å². The quantitative estimate of drug-likeness (QED) is 0.453. The summed E-state index contributed by atoms with van der Waals surface area (Å²) in [5.74, 6) is 0.976. The van der Waals surface area contributed by atoms with Crippen molar-refractivity contribution in [3.05, 3.63) is 83.4 Å². The summed E-state index contributed by atoms with van der Waals surface area (Å²) in [6.07, 6.45) is 0. The third-order valence-corrected chi connectivity index (χ3v) is 6.42. The highest BCUT2D eigenvalue weighted by Gasteiger charge is 2.30. The third-order valence-electron chi connectivity index (χ3n) is 6.42. The second-order valence-electron chi connectivity index (χ2n) is 8.67. The van der Waals surface area contributed by atoms with Crippen molar-refractivity contribution in [3.63, 3.8) is 0 Å². The summed E-state index contributed by atoms with van der Waals surface area (Å²) < 4.78 is 10.9. The Bertz CT molecular complexity index is 1230. The van der Waals surface area contributed by atoms with Gasteiger partial charge in [-0.3, -0.25) is 9.69 Å². The van der Waals surface area contributed by atoms with Crippen LogP contribution in [-0.4, -0.2) is 51.2 Å². The minimum absolute atomic E-state index is 0.169. The Morgan fingerprint density at radius 2 is 1.63 bits per heavy atom. The van der Waals surface area contributed by atoms with E-state index in [-0.39, 0.29) is 5.91 Å². The van der Waals surface area contributed by atoms with E-state index >= 15 is 0 Å². The number of carbonyl (C=O) groups excluding carboxylic acids is 1. The molecule has 3 aromatic carbocycles. The van der Waals surface area contributed by atoms with Crippen LogP contribution in [0.2, 0.25) is 0 Å². The molecule has 2 aliphatic heterocycles. The number of hydrogen-bond donors (Lipinski definition) is 3.